The Bertz CT molecular complexity index is 2290. The Balaban J connectivity index is 0.000000145. The number of benzene rings is 6. The van der Waals surface area contributed by atoms with Crippen LogP contribution in [0.2, 0.25) is 0 Å². The zero-order valence-electron chi connectivity index (χ0n) is 30.2. The molecular formula is C44H48N2O4. The number of ether oxygens (including phenoxy) is 3. The summed E-state index contributed by atoms with van der Waals surface area (Å²) in [7, 11) is 3.49. The largest absolute Gasteiger partial charge is 0.496 e. The molecule has 6 heteroatoms. The number of methoxy groups -OCH3 is 2. The van der Waals surface area contributed by atoms with Crippen LogP contribution in [0.15, 0.2) is 60.7 Å². The van der Waals surface area contributed by atoms with Gasteiger partial charge in [0.25, 0.3) is 0 Å². The molecule has 3 aliphatic heterocycles. The van der Waals surface area contributed by atoms with Crippen LogP contribution in [0.25, 0.3) is 43.1 Å². The van der Waals surface area contributed by atoms with Gasteiger partial charge in [-0.25, -0.2) is 0 Å². The van der Waals surface area contributed by atoms with Gasteiger partial charge in [-0.15, -0.1) is 0 Å². The predicted octanol–water partition coefficient (Wildman–Crippen LogP) is 8.00. The molecule has 258 valence electrons. The number of nitrogens with one attached hydrogen (secondary N) is 1. The third-order valence-electron chi connectivity index (χ3n) is 11.4. The number of nitrogens with zero attached hydrogens (tertiary/aromatic N) is 1. The third-order valence-corrected chi connectivity index (χ3v) is 11.4. The highest BCUT2D eigenvalue weighted by Crippen LogP contribution is 2.41. The van der Waals surface area contributed by atoms with E-state index in [0.717, 1.165) is 62.8 Å². The number of fused-ring (bicyclic) bond motifs is 13. The Kier molecular flexibility index (Phi) is 8.68. The van der Waals surface area contributed by atoms with Crippen LogP contribution in [0.3, 0.4) is 0 Å². The van der Waals surface area contributed by atoms with Gasteiger partial charge >= 0.3 is 0 Å². The normalized spacial score (nSPS) is 18.8. The molecule has 2 N–H and O–H groups in total. The molecule has 0 unspecified atom stereocenters. The molecule has 50 heavy (non-hydrogen) atoms. The fourth-order valence-electron chi connectivity index (χ4n) is 8.77. The van der Waals surface area contributed by atoms with Gasteiger partial charge in [0.2, 0.25) is 0 Å². The van der Waals surface area contributed by atoms with Gasteiger partial charge in [0.05, 0.1) is 34.0 Å². The Hall–Kier alpha value is -4.20. The molecule has 0 aromatic heterocycles. The molecule has 1 fully saturated rings. The quantitative estimate of drug-likeness (QED) is 0.187. The summed E-state index contributed by atoms with van der Waals surface area (Å²) in [6, 6.07) is 23.2. The van der Waals surface area contributed by atoms with Gasteiger partial charge in [-0.2, -0.15) is 0 Å². The number of morpholine rings is 1. The summed E-state index contributed by atoms with van der Waals surface area (Å²) >= 11 is 0. The zero-order valence-corrected chi connectivity index (χ0v) is 30.2. The van der Waals surface area contributed by atoms with Crippen LogP contribution < -0.4 is 14.8 Å². The number of hydrogen-bond acceptors (Lipinski definition) is 6. The van der Waals surface area contributed by atoms with E-state index in [1.807, 2.05) is 0 Å². The Morgan fingerprint density at radius 3 is 1.82 bits per heavy atom. The van der Waals surface area contributed by atoms with Crippen molar-refractivity contribution in [2.75, 3.05) is 40.6 Å². The van der Waals surface area contributed by atoms with Crippen molar-refractivity contribution < 1.29 is 19.3 Å². The maximum absolute atomic E-state index is 9.60. The van der Waals surface area contributed by atoms with E-state index in [1.165, 1.54) is 82.0 Å². The Labute approximate surface area is 294 Å². The Morgan fingerprint density at radius 2 is 1.24 bits per heavy atom. The molecule has 6 nitrogen and oxygen atoms in total. The lowest BCUT2D eigenvalue weighted by Crippen LogP contribution is -2.48. The number of aliphatic hydroxyl groups is 1. The van der Waals surface area contributed by atoms with Crippen molar-refractivity contribution >= 4 is 43.1 Å². The molecule has 0 saturated carbocycles. The minimum atomic E-state index is 0.121. The molecule has 3 heterocycles. The standard InChI is InChI=1S/C23H25NO2.C21H23NO2/c1-14-4-5-17-18(8-14)19-9-15(2)23(25-3)11-21(19)20-10-16-13-26-7-6-24(16)12-22(17)20;1-12-4-5-15-16(6-12)17-7-13(2)21(24-3)9-19(17)18-8-14(11-23)22-10-20(15)18/h4-5,8-9,11,16H,6-7,10,12-13H2,1-3H3;4-7,9,14,22-23H,8,10-11H2,1-3H3/t16-;14-/m00/s1. The molecular weight excluding hydrogens is 620 g/mol. The SMILES string of the molecule is COc1cc2c3c(c4ccc(C)cc4c2cc1C)CN1CCOC[C@@H]1C3.COc1cc2c3c(c4ccc(C)cc4c2cc1C)CN[C@H](CO)C3. The average molecular weight is 669 g/mol. The van der Waals surface area contributed by atoms with Crippen LogP contribution in [0, 0.1) is 27.7 Å². The lowest BCUT2D eigenvalue weighted by molar-refractivity contribution is -0.0158. The van der Waals surface area contributed by atoms with Crippen molar-refractivity contribution in [1.82, 2.24) is 10.2 Å². The van der Waals surface area contributed by atoms with E-state index in [0.29, 0.717) is 6.04 Å². The molecule has 0 radical (unpaired) electrons. The fraction of sp³-hybridized carbons (Fsp3) is 0.364. The lowest BCUT2D eigenvalue weighted by atomic mass is 9.84. The van der Waals surface area contributed by atoms with Crippen LogP contribution in [0.1, 0.15) is 44.5 Å². The van der Waals surface area contributed by atoms with E-state index in [2.05, 4.69) is 98.6 Å². The highest BCUT2D eigenvalue weighted by Gasteiger charge is 2.31. The molecule has 6 aromatic rings. The van der Waals surface area contributed by atoms with Crippen molar-refractivity contribution in [1.29, 1.82) is 0 Å². The number of aryl methyl sites for hydroxylation is 4. The Morgan fingerprint density at radius 1 is 0.680 bits per heavy atom. The van der Waals surface area contributed by atoms with Crippen LogP contribution in [-0.2, 0) is 30.7 Å². The first-order valence-electron chi connectivity index (χ1n) is 18.0. The maximum atomic E-state index is 9.60. The van der Waals surface area contributed by atoms with Crippen LogP contribution in [0.5, 0.6) is 11.5 Å². The van der Waals surface area contributed by atoms with Crippen molar-refractivity contribution in [3.63, 3.8) is 0 Å². The van der Waals surface area contributed by atoms with Crippen LogP contribution in [-0.4, -0.2) is 62.7 Å². The molecule has 3 aliphatic rings. The van der Waals surface area contributed by atoms with Crippen molar-refractivity contribution in [3.05, 3.63) is 105 Å². The van der Waals surface area contributed by atoms with Gasteiger partial charge in [0.1, 0.15) is 11.5 Å². The smallest absolute Gasteiger partial charge is 0.122 e. The zero-order chi connectivity index (χ0) is 34.7. The second-order valence-electron chi connectivity index (χ2n) is 14.6. The van der Waals surface area contributed by atoms with Crippen LogP contribution >= 0.6 is 0 Å². The molecule has 2 atom stereocenters. The monoisotopic (exact) mass is 668 g/mol. The first-order chi connectivity index (χ1) is 24.3. The van der Waals surface area contributed by atoms with Gasteiger partial charge in [-0.1, -0.05) is 47.5 Å². The number of aliphatic hydroxyl groups excluding tert-OH is 1. The van der Waals surface area contributed by atoms with Gasteiger partial charge in [0.15, 0.2) is 0 Å². The van der Waals surface area contributed by atoms with E-state index in [4.69, 9.17) is 14.2 Å². The molecule has 0 amide bonds. The minimum absolute atomic E-state index is 0.121. The number of hydrogen-bond donors (Lipinski definition) is 2. The van der Waals surface area contributed by atoms with Crippen molar-refractivity contribution in [2.45, 2.75) is 65.7 Å². The van der Waals surface area contributed by atoms with Gasteiger partial charge in [-0.3, -0.25) is 4.90 Å². The maximum Gasteiger partial charge on any atom is 0.122 e. The van der Waals surface area contributed by atoms with Gasteiger partial charge in [-0.05, 0) is 141 Å². The van der Waals surface area contributed by atoms with Gasteiger partial charge in [0, 0.05) is 31.7 Å². The molecule has 9 rings (SSSR count). The second kappa shape index (κ2) is 13.2. The summed E-state index contributed by atoms with van der Waals surface area (Å²) in [5.74, 6) is 1.91. The molecule has 0 aliphatic carbocycles. The first kappa shape index (κ1) is 33.0. The highest BCUT2D eigenvalue weighted by molar-refractivity contribution is 6.13. The first-order valence-corrected chi connectivity index (χ1v) is 18.0. The average Bonchev–Trinajstić information content (AvgIpc) is 3.14. The topological polar surface area (TPSA) is 63.2 Å². The highest BCUT2D eigenvalue weighted by atomic mass is 16.5. The van der Waals surface area contributed by atoms with Gasteiger partial charge < -0.3 is 24.6 Å². The fourth-order valence-corrected chi connectivity index (χ4v) is 8.77. The van der Waals surface area contributed by atoms with Crippen molar-refractivity contribution in [2.24, 2.45) is 0 Å². The van der Waals surface area contributed by atoms with E-state index < -0.39 is 0 Å². The molecule has 0 spiro atoms. The summed E-state index contributed by atoms with van der Waals surface area (Å²) in [5.41, 5.74) is 10.6. The molecule has 0 bridgehead atoms. The van der Waals surface area contributed by atoms with Crippen LogP contribution in [0.4, 0.5) is 0 Å². The summed E-state index contributed by atoms with van der Waals surface area (Å²) < 4.78 is 17.0. The third kappa shape index (κ3) is 5.59. The summed E-state index contributed by atoms with van der Waals surface area (Å²) in [6.45, 7) is 13.3. The summed E-state index contributed by atoms with van der Waals surface area (Å²) in [5, 5.41) is 23.7. The lowest BCUT2D eigenvalue weighted by Gasteiger charge is -2.41. The predicted molar refractivity (Wildman–Crippen MR) is 205 cm³/mol. The van der Waals surface area contributed by atoms with Crippen molar-refractivity contribution in [3.8, 4) is 11.5 Å². The minimum Gasteiger partial charge on any atom is -0.496 e. The molecule has 1 saturated heterocycles. The van der Waals surface area contributed by atoms with E-state index in [-0.39, 0.29) is 12.6 Å². The van der Waals surface area contributed by atoms with E-state index >= 15 is 0 Å². The van der Waals surface area contributed by atoms with E-state index in [9.17, 15) is 5.11 Å². The second-order valence-corrected chi connectivity index (χ2v) is 14.6. The summed E-state index contributed by atoms with van der Waals surface area (Å²) in [4.78, 5) is 2.60. The summed E-state index contributed by atoms with van der Waals surface area (Å²) in [6.07, 6.45) is 1.90. The number of rotatable bonds is 3. The molecule has 6 aromatic carbocycles. The van der Waals surface area contributed by atoms with E-state index in [1.54, 1.807) is 14.2 Å².